The Morgan fingerprint density at radius 1 is 1.31 bits per heavy atom. The number of nitrogens with zero attached hydrogens (tertiary/aromatic N) is 2. The van der Waals surface area contributed by atoms with Crippen molar-refractivity contribution < 1.29 is 14.3 Å². The molecule has 140 valence electrons. The van der Waals surface area contributed by atoms with Crippen molar-refractivity contribution in [1.82, 2.24) is 15.1 Å². The van der Waals surface area contributed by atoms with Gasteiger partial charge in [0.05, 0.1) is 17.1 Å². The summed E-state index contributed by atoms with van der Waals surface area (Å²) >= 11 is 5.87. The zero-order valence-electron chi connectivity index (χ0n) is 15.0. The van der Waals surface area contributed by atoms with Gasteiger partial charge >= 0.3 is 6.09 Å². The standard InChI is InChI=1S/C17H22ClN5O3/c1-17(2,3)26-16(25)21-14(13-7-8-23(4)22-13)15(24)20-12-6-5-10(18)9-11(12)19/h5-9,14H,19H2,1-4H3,(H,20,24)(H,21,25). The lowest BCUT2D eigenvalue weighted by atomic mass is 10.1. The van der Waals surface area contributed by atoms with Gasteiger partial charge in [0, 0.05) is 18.3 Å². The van der Waals surface area contributed by atoms with E-state index in [0.29, 0.717) is 22.1 Å². The Kier molecular flexibility index (Phi) is 5.76. The van der Waals surface area contributed by atoms with Crippen LogP contribution in [0.1, 0.15) is 32.5 Å². The molecule has 4 N–H and O–H groups in total. The zero-order chi connectivity index (χ0) is 19.5. The first-order valence-electron chi connectivity index (χ1n) is 7.90. The molecule has 26 heavy (non-hydrogen) atoms. The predicted octanol–water partition coefficient (Wildman–Crippen LogP) is 2.86. The fraction of sp³-hybridized carbons (Fsp3) is 0.353. The molecule has 2 amide bonds. The molecule has 1 unspecified atom stereocenters. The van der Waals surface area contributed by atoms with Crippen LogP contribution in [0.5, 0.6) is 0 Å². The molecule has 0 saturated heterocycles. The second-order valence-corrected chi connectivity index (χ2v) is 7.15. The molecule has 1 aromatic carbocycles. The lowest BCUT2D eigenvalue weighted by Crippen LogP contribution is -2.40. The Labute approximate surface area is 156 Å². The summed E-state index contributed by atoms with van der Waals surface area (Å²) < 4.78 is 6.76. The molecule has 1 aromatic heterocycles. The van der Waals surface area contributed by atoms with Gasteiger partial charge < -0.3 is 21.1 Å². The number of carbonyl (C=O) groups excluding carboxylic acids is 2. The van der Waals surface area contributed by atoms with Crippen molar-refractivity contribution in [2.75, 3.05) is 11.1 Å². The van der Waals surface area contributed by atoms with Crippen molar-refractivity contribution in [2.24, 2.45) is 7.05 Å². The molecule has 0 radical (unpaired) electrons. The summed E-state index contributed by atoms with van der Waals surface area (Å²) in [5.41, 5.74) is 6.22. The highest BCUT2D eigenvalue weighted by atomic mass is 35.5. The highest BCUT2D eigenvalue weighted by Gasteiger charge is 2.28. The molecule has 2 aromatic rings. The number of halogens is 1. The number of hydrogen-bond donors (Lipinski definition) is 3. The van der Waals surface area contributed by atoms with Crippen LogP contribution in [0.4, 0.5) is 16.2 Å². The van der Waals surface area contributed by atoms with E-state index < -0.39 is 23.6 Å². The van der Waals surface area contributed by atoms with Crippen LogP contribution in [0.15, 0.2) is 30.5 Å². The van der Waals surface area contributed by atoms with Crippen LogP contribution in [0, 0.1) is 0 Å². The number of nitrogens with two attached hydrogens (primary N) is 1. The number of amides is 2. The van der Waals surface area contributed by atoms with E-state index in [9.17, 15) is 9.59 Å². The molecule has 1 atom stereocenters. The minimum absolute atomic E-state index is 0.308. The fourth-order valence-electron chi connectivity index (χ4n) is 2.14. The molecular weight excluding hydrogens is 358 g/mol. The van der Waals surface area contributed by atoms with Crippen molar-refractivity contribution in [3.8, 4) is 0 Å². The highest BCUT2D eigenvalue weighted by Crippen LogP contribution is 2.24. The van der Waals surface area contributed by atoms with Crippen molar-refractivity contribution in [3.63, 3.8) is 0 Å². The van der Waals surface area contributed by atoms with E-state index in [1.807, 2.05) is 0 Å². The van der Waals surface area contributed by atoms with Crippen molar-refractivity contribution in [2.45, 2.75) is 32.4 Å². The largest absolute Gasteiger partial charge is 0.444 e. The second-order valence-electron chi connectivity index (χ2n) is 6.71. The van der Waals surface area contributed by atoms with Crippen LogP contribution >= 0.6 is 11.6 Å². The average molecular weight is 380 g/mol. The topological polar surface area (TPSA) is 111 Å². The lowest BCUT2D eigenvalue weighted by molar-refractivity contribution is -0.118. The predicted molar refractivity (Wildman–Crippen MR) is 99.8 cm³/mol. The number of benzene rings is 1. The molecule has 0 spiro atoms. The molecule has 0 aliphatic carbocycles. The molecule has 0 aliphatic rings. The summed E-state index contributed by atoms with van der Waals surface area (Å²) in [6.07, 6.45) is 0.940. The van der Waals surface area contributed by atoms with E-state index in [4.69, 9.17) is 22.1 Å². The van der Waals surface area contributed by atoms with Crippen LogP contribution in [0.3, 0.4) is 0 Å². The normalized spacial score (nSPS) is 12.3. The molecule has 2 rings (SSSR count). The number of aryl methyl sites for hydroxylation is 1. The number of nitrogen functional groups attached to an aromatic ring is 1. The number of aromatic nitrogens is 2. The maximum atomic E-state index is 12.7. The number of anilines is 2. The monoisotopic (exact) mass is 379 g/mol. The highest BCUT2D eigenvalue weighted by molar-refractivity contribution is 6.31. The molecule has 0 bridgehead atoms. The third kappa shape index (κ3) is 5.38. The van der Waals surface area contributed by atoms with Gasteiger partial charge in [0.25, 0.3) is 5.91 Å². The Morgan fingerprint density at radius 3 is 2.54 bits per heavy atom. The van der Waals surface area contributed by atoms with E-state index in [2.05, 4.69) is 15.7 Å². The van der Waals surface area contributed by atoms with Crippen LogP contribution in [-0.2, 0) is 16.6 Å². The maximum Gasteiger partial charge on any atom is 0.408 e. The average Bonchev–Trinajstić information content (AvgIpc) is 2.92. The molecule has 9 heteroatoms. The number of rotatable bonds is 4. The third-order valence-corrected chi connectivity index (χ3v) is 3.46. The summed E-state index contributed by atoms with van der Waals surface area (Å²) in [4.78, 5) is 24.9. The third-order valence-electron chi connectivity index (χ3n) is 3.22. The molecule has 0 aliphatic heterocycles. The van der Waals surface area contributed by atoms with E-state index in [-0.39, 0.29) is 0 Å². The number of alkyl carbamates (subject to hydrolysis) is 1. The van der Waals surface area contributed by atoms with Crippen molar-refractivity contribution in [3.05, 3.63) is 41.2 Å². The Balaban J connectivity index is 2.22. The molecule has 1 heterocycles. The summed E-state index contributed by atoms with van der Waals surface area (Å²) in [5.74, 6) is -0.511. The van der Waals surface area contributed by atoms with Crippen molar-refractivity contribution >= 4 is 35.0 Å². The Hall–Kier alpha value is -2.74. The maximum absolute atomic E-state index is 12.7. The minimum Gasteiger partial charge on any atom is -0.444 e. The Bertz CT molecular complexity index is 813. The molecule has 8 nitrogen and oxygen atoms in total. The lowest BCUT2D eigenvalue weighted by Gasteiger charge is -2.22. The van der Waals surface area contributed by atoms with E-state index >= 15 is 0 Å². The Morgan fingerprint density at radius 2 is 2.00 bits per heavy atom. The van der Waals surface area contributed by atoms with Gasteiger partial charge in [-0.2, -0.15) is 5.10 Å². The summed E-state index contributed by atoms with van der Waals surface area (Å²) in [5, 5.41) is 9.85. The van der Waals surface area contributed by atoms with Crippen LogP contribution in [0.2, 0.25) is 5.02 Å². The number of hydrogen-bond acceptors (Lipinski definition) is 5. The number of carbonyl (C=O) groups is 2. The smallest absolute Gasteiger partial charge is 0.408 e. The van der Waals surface area contributed by atoms with E-state index in [1.54, 1.807) is 52.2 Å². The quantitative estimate of drug-likeness (QED) is 0.707. The van der Waals surface area contributed by atoms with Gasteiger partial charge in [-0.25, -0.2) is 4.79 Å². The first-order chi connectivity index (χ1) is 12.0. The number of ether oxygens (including phenoxy) is 1. The number of nitrogens with one attached hydrogen (secondary N) is 2. The van der Waals surface area contributed by atoms with Gasteiger partial charge in [0.1, 0.15) is 5.60 Å². The van der Waals surface area contributed by atoms with Gasteiger partial charge in [0.2, 0.25) is 0 Å². The SMILES string of the molecule is Cn1ccc(C(NC(=O)OC(C)(C)C)C(=O)Nc2ccc(Cl)cc2N)n1. The van der Waals surface area contributed by atoms with Gasteiger partial charge in [-0.05, 0) is 45.0 Å². The van der Waals surface area contributed by atoms with Gasteiger partial charge in [-0.15, -0.1) is 0 Å². The van der Waals surface area contributed by atoms with Gasteiger partial charge in [-0.3, -0.25) is 9.48 Å². The van der Waals surface area contributed by atoms with Gasteiger partial charge in [0.15, 0.2) is 6.04 Å². The first kappa shape index (κ1) is 19.6. The van der Waals surface area contributed by atoms with Crippen LogP contribution in [-0.4, -0.2) is 27.4 Å². The molecule has 0 fully saturated rings. The van der Waals surface area contributed by atoms with E-state index in [0.717, 1.165) is 0 Å². The van der Waals surface area contributed by atoms with Crippen LogP contribution < -0.4 is 16.4 Å². The van der Waals surface area contributed by atoms with E-state index in [1.165, 1.54) is 10.7 Å². The first-order valence-corrected chi connectivity index (χ1v) is 8.28. The van der Waals surface area contributed by atoms with Crippen LogP contribution in [0.25, 0.3) is 0 Å². The summed E-state index contributed by atoms with van der Waals surface area (Å²) in [6, 6.07) is 5.28. The fourth-order valence-corrected chi connectivity index (χ4v) is 2.32. The summed E-state index contributed by atoms with van der Waals surface area (Å²) in [6.45, 7) is 5.20. The molecule has 0 saturated carbocycles. The second kappa shape index (κ2) is 7.65. The zero-order valence-corrected chi connectivity index (χ0v) is 15.8. The van der Waals surface area contributed by atoms with Crippen molar-refractivity contribution in [1.29, 1.82) is 0 Å². The van der Waals surface area contributed by atoms with Gasteiger partial charge in [-0.1, -0.05) is 11.6 Å². The summed E-state index contributed by atoms with van der Waals surface area (Å²) in [7, 11) is 1.71. The molecular formula is C17H22ClN5O3. The minimum atomic E-state index is -1.05.